The second-order valence-corrected chi connectivity index (χ2v) is 6.06. The highest BCUT2D eigenvalue weighted by atomic mass is 35.5. The highest BCUT2D eigenvalue weighted by Gasteiger charge is 2.35. The second-order valence-electron chi connectivity index (χ2n) is 5.25. The fourth-order valence-corrected chi connectivity index (χ4v) is 2.81. The van der Waals surface area contributed by atoms with Crippen LogP contribution in [-0.2, 0) is 0 Å². The van der Waals surface area contributed by atoms with Gasteiger partial charge in [-0.2, -0.15) is 0 Å². The predicted molar refractivity (Wildman–Crippen MR) is 76.7 cm³/mol. The molecule has 1 heterocycles. The third kappa shape index (κ3) is 2.98. The average molecular weight is 288 g/mol. The molecule has 2 rings (SSSR count). The molecule has 100 valence electrons. The summed E-state index contributed by atoms with van der Waals surface area (Å²) in [4.78, 5) is 0. The fraction of sp³-hybridized carbons (Fsp3) is 0.538. The van der Waals surface area contributed by atoms with Gasteiger partial charge in [0.2, 0.25) is 0 Å². The lowest BCUT2D eigenvalue weighted by atomic mass is 9.86. The van der Waals surface area contributed by atoms with Crippen LogP contribution in [0.15, 0.2) is 18.2 Å². The first-order valence-electron chi connectivity index (χ1n) is 6.20. The standard InChI is InChI=1S/C13H19Cl2N3/c1-7(2)5-11-12(13(16)18-17-11)8-3-4-9(14)10(15)6-8/h3-4,6-7,11-13,17-18H,5,16H2,1-2H3. The molecule has 1 aromatic carbocycles. The van der Waals surface area contributed by atoms with Crippen molar-refractivity contribution in [1.29, 1.82) is 0 Å². The summed E-state index contributed by atoms with van der Waals surface area (Å²) in [6.45, 7) is 4.41. The maximum Gasteiger partial charge on any atom is 0.0764 e. The average Bonchev–Trinajstić information content (AvgIpc) is 2.63. The molecule has 0 amide bonds. The molecule has 0 aromatic heterocycles. The van der Waals surface area contributed by atoms with E-state index >= 15 is 0 Å². The quantitative estimate of drug-likeness (QED) is 0.801. The van der Waals surface area contributed by atoms with Gasteiger partial charge >= 0.3 is 0 Å². The summed E-state index contributed by atoms with van der Waals surface area (Å²) < 4.78 is 0. The molecule has 5 heteroatoms. The van der Waals surface area contributed by atoms with Crippen LogP contribution in [0.4, 0.5) is 0 Å². The largest absolute Gasteiger partial charge is 0.314 e. The first-order chi connectivity index (χ1) is 8.49. The summed E-state index contributed by atoms with van der Waals surface area (Å²) in [6, 6.07) is 6.06. The van der Waals surface area contributed by atoms with Crippen LogP contribution in [-0.4, -0.2) is 12.2 Å². The molecular formula is C13H19Cl2N3. The lowest BCUT2D eigenvalue weighted by Crippen LogP contribution is -2.38. The van der Waals surface area contributed by atoms with Gasteiger partial charge in [-0.15, -0.1) is 0 Å². The van der Waals surface area contributed by atoms with Gasteiger partial charge in [0.25, 0.3) is 0 Å². The first-order valence-corrected chi connectivity index (χ1v) is 6.96. The van der Waals surface area contributed by atoms with Crippen molar-refractivity contribution in [3.05, 3.63) is 33.8 Å². The van der Waals surface area contributed by atoms with Gasteiger partial charge in [0.1, 0.15) is 0 Å². The molecule has 0 bridgehead atoms. The molecule has 18 heavy (non-hydrogen) atoms. The van der Waals surface area contributed by atoms with Crippen LogP contribution in [0.25, 0.3) is 0 Å². The molecule has 1 saturated heterocycles. The first kappa shape index (κ1) is 14.1. The van der Waals surface area contributed by atoms with E-state index in [0.717, 1.165) is 12.0 Å². The minimum atomic E-state index is -0.106. The Balaban J connectivity index is 2.24. The Kier molecular flexibility index (Phi) is 4.51. The number of hydrogen-bond acceptors (Lipinski definition) is 3. The van der Waals surface area contributed by atoms with E-state index in [9.17, 15) is 0 Å². The molecule has 1 fully saturated rings. The number of nitrogens with two attached hydrogens (primary N) is 1. The van der Waals surface area contributed by atoms with Gasteiger partial charge in [-0.1, -0.05) is 43.1 Å². The maximum atomic E-state index is 6.12. The fourth-order valence-electron chi connectivity index (χ4n) is 2.51. The Bertz CT molecular complexity index is 423. The third-order valence-electron chi connectivity index (χ3n) is 3.31. The van der Waals surface area contributed by atoms with Crippen LogP contribution in [0, 0.1) is 5.92 Å². The number of rotatable bonds is 3. The van der Waals surface area contributed by atoms with Crippen molar-refractivity contribution in [2.45, 2.75) is 38.4 Å². The van der Waals surface area contributed by atoms with E-state index in [1.54, 1.807) is 0 Å². The SMILES string of the molecule is CC(C)CC1NNC(N)C1c1ccc(Cl)c(Cl)c1. The smallest absolute Gasteiger partial charge is 0.0764 e. The van der Waals surface area contributed by atoms with Crippen molar-refractivity contribution < 1.29 is 0 Å². The van der Waals surface area contributed by atoms with E-state index in [-0.39, 0.29) is 12.1 Å². The monoisotopic (exact) mass is 287 g/mol. The van der Waals surface area contributed by atoms with Crippen LogP contribution in [0.5, 0.6) is 0 Å². The van der Waals surface area contributed by atoms with E-state index in [1.807, 2.05) is 18.2 Å². The molecule has 0 spiro atoms. The number of hydrogen-bond donors (Lipinski definition) is 3. The van der Waals surface area contributed by atoms with Gasteiger partial charge in [-0.3, -0.25) is 5.43 Å². The number of nitrogens with one attached hydrogen (secondary N) is 2. The predicted octanol–water partition coefficient (Wildman–Crippen LogP) is 2.88. The van der Waals surface area contributed by atoms with Crippen molar-refractivity contribution in [2.75, 3.05) is 0 Å². The van der Waals surface area contributed by atoms with Crippen LogP contribution >= 0.6 is 23.2 Å². The van der Waals surface area contributed by atoms with Crippen LogP contribution in [0.2, 0.25) is 10.0 Å². The summed E-state index contributed by atoms with van der Waals surface area (Å²) in [7, 11) is 0. The van der Waals surface area contributed by atoms with E-state index in [0.29, 0.717) is 22.0 Å². The van der Waals surface area contributed by atoms with E-state index < -0.39 is 0 Å². The molecule has 0 aliphatic carbocycles. The normalized spacial score (nSPS) is 28.0. The second kappa shape index (κ2) is 5.76. The minimum Gasteiger partial charge on any atom is -0.314 e. The minimum absolute atomic E-state index is 0.106. The zero-order valence-corrected chi connectivity index (χ0v) is 12.1. The third-order valence-corrected chi connectivity index (χ3v) is 4.05. The van der Waals surface area contributed by atoms with Gasteiger partial charge in [-0.25, -0.2) is 5.43 Å². The molecule has 1 aromatic rings. The summed E-state index contributed by atoms with van der Waals surface area (Å²) >= 11 is 12.0. The van der Waals surface area contributed by atoms with Gasteiger partial charge < -0.3 is 5.73 Å². The molecule has 3 nitrogen and oxygen atoms in total. The summed E-state index contributed by atoms with van der Waals surface area (Å²) in [5.74, 6) is 0.821. The Labute approximate surface area is 118 Å². The Morgan fingerprint density at radius 2 is 1.94 bits per heavy atom. The van der Waals surface area contributed by atoms with Crippen molar-refractivity contribution in [3.63, 3.8) is 0 Å². The molecule has 3 atom stereocenters. The highest BCUT2D eigenvalue weighted by molar-refractivity contribution is 6.42. The van der Waals surface area contributed by atoms with Gasteiger partial charge in [0.15, 0.2) is 0 Å². The van der Waals surface area contributed by atoms with E-state index in [4.69, 9.17) is 28.9 Å². The van der Waals surface area contributed by atoms with E-state index in [2.05, 4.69) is 24.7 Å². The number of benzene rings is 1. The number of halogens is 2. The van der Waals surface area contributed by atoms with Crippen molar-refractivity contribution in [3.8, 4) is 0 Å². The Morgan fingerprint density at radius 1 is 1.22 bits per heavy atom. The topological polar surface area (TPSA) is 50.1 Å². The van der Waals surface area contributed by atoms with Gasteiger partial charge in [0, 0.05) is 12.0 Å². The zero-order chi connectivity index (χ0) is 13.3. The van der Waals surface area contributed by atoms with E-state index in [1.165, 1.54) is 0 Å². The van der Waals surface area contributed by atoms with Gasteiger partial charge in [0.05, 0.1) is 16.2 Å². The zero-order valence-electron chi connectivity index (χ0n) is 10.6. The number of hydrazine groups is 1. The van der Waals surface area contributed by atoms with Crippen LogP contribution < -0.4 is 16.6 Å². The molecule has 3 unspecified atom stereocenters. The molecule has 4 N–H and O–H groups in total. The van der Waals surface area contributed by atoms with Gasteiger partial charge in [-0.05, 0) is 30.0 Å². The summed E-state index contributed by atoms with van der Waals surface area (Å²) in [5.41, 5.74) is 13.6. The highest BCUT2D eigenvalue weighted by Crippen LogP contribution is 2.32. The molecule has 1 aliphatic rings. The molecule has 0 saturated carbocycles. The Morgan fingerprint density at radius 3 is 2.56 bits per heavy atom. The lowest BCUT2D eigenvalue weighted by molar-refractivity contribution is 0.422. The van der Waals surface area contributed by atoms with Crippen molar-refractivity contribution >= 4 is 23.2 Å². The van der Waals surface area contributed by atoms with Crippen molar-refractivity contribution in [1.82, 2.24) is 10.9 Å². The Hall–Kier alpha value is -0.320. The molecular weight excluding hydrogens is 269 g/mol. The summed E-state index contributed by atoms with van der Waals surface area (Å²) in [6.07, 6.45) is 0.956. The summed E-state index contributed by atoms with van der Waals surface area (Å²) in [5, 5.41) is 1.16. The molecule has 1 aliphatic heterocycles. The van der Waals surface area contributed by atoms with Crippen molar-refractivity contribution in [2.24, 2.45) is 11.7 Å². The van der Waals surface area contributed by atoms with Crippen LogP contribution in [0.1, 0.15) is 31.7 Å². The molecule has 0 radical (unpaired) electrons. The van der Waals surface area contributed by atoms with Crippen LogP contribution in [0.3, 0.4) is 0 Å². The lowest BCUT2D eigenvalue weighted by Gasteiger charge is -2.23. The maximum absolute atomic E-state index is 6.12.